The molecular formula is C52H33Cl2NO. The molecule has 1 heterocycles. The van der Waals surface area contributed by atoms with E-state index in [0.29, 0.717) is 0 Å². The lowest BCUT2D eigenvalue weighted by molar-refractivity contribution is 0.103. The molecule has 266 valence electrons. The predicted molar refractivity (Wildman–Crippen MR) is 229 cm³/mol. The number of carbonyl (C=O) groups is 1. The standard InChI is InChI=1S/C51H31NO.CH2Cl2/c53-49-37-19-5-10-24-43(37)50(39-20-6-1-15-33(39)34-16-2-7-21-40(34)50)46-31-32(29-30-38(46)49)52-47-27-13-11-25-44(47)51(45-26-12-14-28-48(45)52)41-22-8-3-17-35(41)36-18-4-9-23-42(36)51;2-1-3/h1-31H;1H2. The zero-order chi connectivity index (χ0) is 37.6. The van der Waals surface area contributed by atoms with Crippen molar-refractivity contribution in [3.05, 3.63) is 244 Å². The summed E-state index contributed by atoms with van der Waals surface area (Å²) in [6.07, 6.45) is 0. The summed E-state index contributed by atoms with van der Waals surface area (Å²) in [6, 6.07) is 68.1. The van der Waals surface area contributed by atoms with Gasteiger partial charge in [-0.1, -0.05) is 158 Å². The van der Waals surface area contributed by atoms with Gasteiger partial charge in [-0.25, -0.2) is 0 Å². The van der Waals surface area contributed by atoms with Crippen LogP contribution < -0.4 is 4.90 Å². The minimum absolute atomic E-state index is 0.0761. The van der Waals surface area contributed by atoms with Crippen LogP contribution in [-0.2, 0) is 10.8 Å². The molecule has 0 saturated carbocycles. The number of hydrogen-bond donors (Lipinski definition) is 0. The van der Waals surface area contributed by atoms with Crippen LogP contribution in [0.3, 0.4) is 0 Å². The Bertz CT molecular complexity index is 2790. The number of hydrogen-bond acceptors (Lipinski definition) is 2. The molecule has 0 aromatic heterocycles. The average molecular weight is 759 g/mol. The molecule has 0 N–H and O–H groups in total. The van der Waals surface area contributed by atoms with Crippen molar-refractivity contribution in [3.8, 4) is 22.3 Å². The molecule has 2 nitrogen and oxygen atoms in total. The third kappa shape index (κ3) is 4.10. The second-order valence-electron chi connectivity index (χ2n) is 14.8. The summed E-state index contributed by atoms with van der Waals surface area (Å²) >= 11 is 9.53. The normalized spacial score (nSPS) is 15.0. The molecule has 3 aliphatic carbocycles. The van der Waals surface area contributed by atoms with Gasteiger partial charge in [0.15, 0.2) is 5.78 Å². The zero-order valence-electron chi connectivity index (χ0n) is 30.2. The smallest absolute Gasteiger partial charge is 0.193 e. The van der Waals surface area contributed by atoms with Crippen molar-refractivity contribution < 1.29 is 4.79 Å². The summed E-state index contributed by atoms with van der Waals surface area (Å²) in [4.78, 5) is 17.0. The Kier molecular flexibility index (Phi) is 7.35. The van der Waals surface area contributed by atoms with Crippen molar-refractivity contribution in [2.45, 2.75) is 10.8 Å². The van der Waals surface area contributed by atoms with Gasteiger partial charge in [-0.2, -0.15) is 0 Å². The van der Waals surface area contributed by atoms with Crippen molar-refractivity contribution in [2.24, 2.45) is 0 Å². The Balaban J connectivity index is 0.00000118. The van der Waals surface area contributed by atoms with E-state index >= 15 is 0 Å². The monoisotopic (exact) mass is 757 g/mol. The lowest BCUT2D eigenvalue weighted by Crippen LogP contribution is -2.38. The fourth-order valence-electron chi connectivity index (χ4n) is 10.6. The highest BCUT2D eigenvalue weighted by Crippen LogP contribution is 2.64. The van der Waals surface area contributed by atoms with Crippen LogP contribution >= 0.6 is 23.2 Å². The highest BCUT2D eigenvalue weighted by Gasteiger charge is 2.54. The van der Waals surface area contributed by atoms with Gasteiger partial charge in [0.05, 0.1) is 27.5 Å². The van der Waals surface area contributed by atoms with Crippen LogP contribution in [0.5, 0.6) is 0 Å². The molecule has 56 heavy (non-hydrogen) atoms. The molecule has 8 aromatic carbocycles. The maximum absolute atomic E-state index is 14.5. The zero-order valence-corrected chi connectivity index (χ0v) is 31.7. The van der Waals surface area contributed by atoms with E-state index in [0.717, 1.165) is 39.3 Å². The summed E-state index contributed by atoms with van der Waals surface area (Å²) in [7, 11) is 0. The van der Waals surface area contributed by atoms with Crippen molar-refractivity contribution >= 4 is 46.0 Å². The fourth-order valence-corrected chi connectivity index (χ4v) is 10.6. The first-order valence-electron chi connectivity index (χ1n) is 18.9. The predicted octanol–water partition coefficient (Wildman–Crippen LogP) is 13.2. The molecule has 0 atom stereocenters. The maximum Gasteiger partial charge on any atom is 0.193 e. The molecule has 4 aliphatic rings. The number of halogens is 2. The van der Waals surface area contributed by atoms with E-state index in [4.69, 9.17) is 23.2 Å². The van der Waals surface area contributed by atoms with Crippen LogP contribution in [0.15, 0.2) is 188 Å². The molecule has 0 radical (unpaired) electrons. The van der Waals surface area contributed by atoms with E-state index in [1.807, 2.05) is 12.1 Å². The average Bonchev–Trinajstić information content (AvgIpc) is 3.72. The van der Waals surface area contributed by atoms with Crippen molar-refractivity contribution in [1.29, 1.82) is 0 Å². The van der Waals surface area contributed by atoms with Crippen LogP contribution in [-0.4, -0.2) is 11.1 Å². The lowest BCUT2D eigenvalue weighted by atomic mass is 9.61. The van der Waals surface area contributed by atoms with Crippen LogP contribution in [0.4, 0.5) is 17.1 Å². The molecule has 0 fully saturated rings. The number of alkyl halides is 2. The second kappa shape index (κ2) is 12.4. The number of nitrogens with zero attached hydrogens (tertiary/aromatic N) is 1. The van der Waals surface area contributed by atoms with E-state index in [-0.39, 0.29) is 11.1 Å². The van der Waals surface area contributed by atoms with Gasteiger partial charge in [0.2, 0.25) is 0 Å². The molecule has 1 aliphatic heterocycles. The van der Waals surface area contributed by atoms with E-state index in [1.54, 1.807) is 0 Å². The van der Waals surface area contributed by atoms with Crippen LogP contribution in [0.25, 0.3) is 22.3 Å². The van der Waals surface area contributed by atoms with Gasteiger partial charge >= 0.3 is 0 Å². The summed E-state index contributed by atoms with van der Waals surface area (Å²) < 4.78 is 0. The number of carbonyl (C=O) groups excluding carboxylic acids is 1. The molecule has 0 saturated heterocycles. The maximum atomic E-state index is 14.5. The van der Waals surface area contributed by atoms with E-state index < -0.39 is 10.8 Å². The lowest BCUT2D eigenvalue weighted by Gasteiger charge is -2.45. The molecule has 0 unspecified atom stereocenters. The van der Waals surface area contributed by atoms with Gasteiger partial charge in [-0.3, -0.25) is 4.79 Å². The molecule has 2 spiro atoms. The van der Waals surface area contributed by atoms with Gasteiger partial charge in [0.25, 0.3) is 0 Å². The Morgan fingerprint density at radius 2 is 0.661 bits per heavy atom. The minimum atomic E-state index is -0.650. The van der Waals surface area contributed by atoms with Crippen LogP contribution in [0, 0.1) is 0 Å². The Hall–Kier alpha value is -6.19. The summed E-state index contributed by atoms with van der Waals surface area (Å²) in [5, 5.41) is 0.194. The topological polar surface area (TPSA) is 20.3 Å². The number of benzene rings is 8. The van der Waals surface area contributed by atoms with Crippen molar-refractivity contribution in [2.75, 3.05) is 10.2 Å². The van der Waals surface area contributed by atoms with Crippen LogP contribution in [0.1, 0.15) is 60.4 Å². The minimum Gasteiger partial charge on any atom is -0.310 e. The number of rotatable bonds is 1. The Labute approximate surface area is 336 Å². The van der Waals surface area contributed by atoms with Gasteiger partial charge in [-0.15, -0.1) is 23.2 Å². The molecule has 0 amide bonds. The van der Waals surface area contributed by atoms with Crippen molar-refractivity contribution in [3.63, 3.8) is 0 Å². The number of ketones is 1. The quantitative estimate of drug-likeness (QED) is 0.155. The highest BCUT2D eigenvalue weighted by atomic mass is 35.5. The number of anilines is 3. The number of para-hydroxylation sites is 2. The molecule has 0 bridgehead atoms. The largest absolute Gasteiger partial charge is 0.310 e. The van der Waals surface area contributed by atoms with Crippen LogP contribution in [0.2, 0.25) is 0 Å². The third-order valence-corrected chi connectivity index (χ3v) is 12.5. The summed E-state index contributed by atoms with van der Waals surface area (Å²) in [5.41, 5.74) is 18.4. The first-order valence-corrected chi connectivity index (χ1v) is 20.0. The van der Waals surface area contributed by atoms with Gasteiger partial charge < -0.3 is 4.90 Å². The Morgan fingerprint density at radius 1 is 0.357 bits per heavy atom. The summed E-state index contributed by atoms with van der Waals surface area (Å²) in [6.45, 7) is 0. The Morgan fingerprint density at radius 3 is 1.09 bits per heavy atom. The van der Waals surface area contributed by atoms with E-state index in [9.17, 15) is 4.79 Å². The van der Waals surface area contributed by atoms with Gasteiger partial charge in [-0.05, 0) is 97.1 Å². The molecular weight excluding hydrogens is 725 g/mol. The van der Waals surface area contributed by atoms with Gasteiger partial charge in [0, 0.05) is 16.8 Å². The van der Waals surface area contributed by atoms with E-state index in [2.05, 4.69) is 181 Å². The van der Waals surface area contributed by atoms with Gasteiger partial charge in [0.1, 0.15) is 0 Å². The second-order valence-corrected chi connectivity index (χ2v) is 15.6. The molecule has 4 heteroatoms. The van der Waals surface area contributed by atoms with E-state index in [1.165, 1.54) is 55.6 Å². The first kappa shape index (κ1) is 33.2. The highest BCUT2D eigenvalue weighted by molar-refractivity contribution is 6.40. The number of fused-ring (bicyclic) bond motifs is 18. The molecule has 8 aromatic rings. The fraction of sp³-hybridized carbons (Fsp3) is 0.0577. The molecule has 12 rings (SSSR count). The first-order chi connectivity index (χ1) is 27.6. The SMILES string of the molecule is ClCCl.O=C1c2ccccc2C2(c3cc(N4c5ccccc5C5(c6ccccc6-c6ccccc65)c5ccccc54)ccc31)c1ccccc1-c1ccccc12. The summed E-state index contributed by atoms with van der Waals surface area (Å²) in [5.74, 6) is 0.0761. The van der Waals surface area contributed by atoms with Crippen molar-refractivity contribution in [1.82, 2.24) is 0 Å². The third-order valence-electron chi connectivity index (χ3n) is 12.5.